The van der Waals surface area contributed by atoms with Crippen LogP contribution in [0.5, 0.6) is 0 Å². The standard InChI is InChI=1S/C20H37BrN2/c1-2-3-4-5-6-7-8-9-10-11-12-13-14-15-16-17-20-22-18-19-23(20)21/h18-19H,2-17H2,1H3. The molecule has 1 aromatic heterocycles. The number of hydrogen-bond acceptors (Lipinski definition) is 1. The number of halogens is 1. The summed E-state index contributed by atoms with van der Waals surface area (Å²) in [6.07, 6.45) is 26.2. The molecule has 0 fully saturated rings. The lowest BCUT2D eigenvalue weighted by Gasteiger charge is -2.03. The van der Waals surface area contributed by atoms with Crippen molar-refractivity contribution in [3.8, 4) is 0 Å². The molecule has 0 saturated carbocycles. The molecule has 2 nitrogen and oxygen atoms in total. The second-order valence-electron chi connectivity index (χ2n) is 6.85. The van der Waals surface area contributed by atoms with Gasteiger partial charge in [0.15, 0.2) is 0 Å². The monoisotopic (exact) mass is 384 g/mol. The van der Waals surface area contributed by atoms with E-state index in [0.29, 0.717) is 0 Å². The zero-order valence-electron chi connectivity index (χ0n) is 15.2. The predicted molar refractivity (Wildman–Crippen MR) is 105 cm³/mol. The number of nitrogens with zero attached hydrogens (tertiary/aromatic N) is 2. The maximum Gasteiger partial charge on any atom is 0.118 e. The van der Waals surface area contributed by atoms with Crippen LogP contribution in [0.4, 0.5) is 0 Å². The van der Waals surface area contributed by atoms with Crippen LogP contribution in [0.1, 0.15) is 109 Å². The summed E-state index contributed by atoms with van der Waals surface area (Å²) in [5.41, 5.74) is 0. The Morgan fingerprint density at radius 3 is 1.57 bits per heavy atom. The maximum atomic E-state index is 4.34. The minimum absolute atomic E-state index is 1.09. The van der Waals surface area contributed by atoms with E-state index in [4.69, 9.17) is 0 Å². The summed E-state index contributed by atoms with van der Waals surface area (Å²) < 4.78 is 1.96. The molecule has 0 amide bonds. The SMILES string of the molecule is CCCCCCCCCCCCCCCCCc1nccn1Br. The minimum atomic E-state index is 1.09. The Morgan fingerprint density at radius 2 is 1.17 bits per heavy atom. The lowest BCUT2D eigenvalue weighted by Crippen LogP contribution is -1.92. The van der Waals surface area contributed by atoms with E-state index in [-0.39, 0.29) is 0 Å². The van der Waals surface area contributed by atoms with Gasteiger partial charge < -0.3 is 0 Å². The van der Waals surface area contributed by atoms with Crippen molar-refractivity contribution < 1.29 is 0 Å². The number of hydrogen-bond donors (Lipinski definition) is 0. The van der Waals surface area contributed by atoms with Crippen molar-refractivity contribution in [3.63, 3.8) is 0 Å². The maximum absolute atomic E-state index is 4.34. The lowest BCUT2D eigenvalue weighted by molar-refractivity contribution is 0.531. The summed E-state index contributed by atoms with van der Waals surface area (Å²) >= 11 is 3.47. The molecule has 1 heterocycles. The van der Waals surface area contributed by atoms with Crippen LogP contribution < -0.4 is 0 Å². The topological polar surface area (TPSA) is 17.8 Å². The van der Waals surface area contributed by atoms with Crippen LogP contribution in [-0.2, 0) is 6.42 Å². The van der Waals surface area contributed by atoms with Crippen LogP contribution >= 0.6 is 16.1 Å². The summed E-state index contributed by atoms with van der Waals surface area (Å²) in [4.78, 5) is 4.34. The first kappa shape index (κ1) is 20.7. The molecule has 0 spiro atoms. The molecule has 0 N–H and O–H groups in total. The molecule has 0 radical (unpaired) electrons. The van der Waals surface area contributed by atoms with Crippen molar-refractivity contribution in [1.29, 1.82) is 0 Å². The molecule has 1 aromatic rings. The molecule has 0 aliphatic rings. The Kier molecular flexibility index (Phi) is 13.7. The highest BCUT2D eigenvalue weighted by molar-refractivity contribution is 9.08. The van der Waals surface area contributed by atoms with Crippen LogP contribution in [0, 0.1) is 0 Å². The Hall–Kier alpha value is -0.310. The molecular formula is C20H37BrN2. The van der Waals surface area contributed by atoms with E-state index in [1.54, 1.807) is 0 Å². The third kappa shape index (κ3) is 11.8. The fraction of sp³-hybridized carbons (Fsp3) is 0.850. The van der Waals surface area contributed by atoms with Gasteiger partial charge in [0.25, 0.3) is 0 Å². The molecule has 0 unspecified atom stereocenters. The van der Waals surface area contributed by atoms with Gasteiger partial charge in [-0.1, -0.05) is 96.8 Å². The van der Waals surface area contributed by atoms with E-state index >= 15 is 0 Å². The van der Waals surface area contributed by atoms with E-state index in [1.165, 1.54) is 96.3 Å². The highest BCUT2D eigenvalue weighted by Gasteiger charge is 1.99. The quantitative estimate of drug-likeness (QED) is 0.270. The molecule has 0 atom stereocenters. The van der Waals surface area contributed by atoms with Gasteiger partial charge in [0.05, 0.1) is 16.1 Å². The second kappa shape index (κ2) is 15.2. The van der Waals surface area contributed by atoms with Gasteiger partial charge in [0.2, 0.25) is 0 Å². The van der Waals surface area contributed by atoms with E-state index < -0.39 is 0 Å². The third-order valence-electron chi connectivity index (χ3n) is 4.67. The smallest absolute Gasteiger partial charge is 0.118 e. The highest BCUT2D eigenvalue weighted by Crippen LogP contribution is 2.14. The third-order valence-corrected chi connectivity index (χ3v) is 5.32. The number of unbranched alkanes of at least 4 members (excludes halogenated alkanes) is 14. The Labute approximate surface area is 152 Å². The molecule has 3 heteroatoms. The first-order chi connectivity index (χ1) is 11.3. The van der Waals surface area contributed by atoms with E-state index in [1.807, 2.05) is 16.0 Å². The van der Waals surface area contributed by atoms with E-state index in [0.717, 1.165) is 12.2 Å². The van der Waals surface area contributed by atoms with Crippen LogP contribution in [0.15, 0.2) is 12.4 Å². The van der Waals surface area contributed by atoms with Gasteiger partial charge in [-0.2, -0.15) is 0 Å². The summed E-state index contributed by atoms with van der Waals surface area (Å²) in [7, 11) is 0. The number of rotatable bonds is 16. The zero-order chi connectivity index (χ0) is 16.6. The molecule has 1 rings (SSSR count). The molecule has 134 valence electrons. The van der Waals surface area contributed by atoms with Gasteiger partial charge in [0, 0.05) is 18.8 Å². The van der Waals surface area contributed by atoms with Crippen molar-refractivity contribution in [3.05, 3.63) is 18.2 Å². The first-order valence-corrected chi connectivity index (χ1v) is 10.7. The number of aryl methyl sites for hydroxylation is 1. The van der Waals surface area contributed by atoms with E-state index in [2.05, 4.69) is 28.1 Å². The van der Waals surface area contributed by atoms with Gasteiger partial charge in [-0.3, -0.25) is 3.59 Å². The van der Waals surface area contributed by atoms with E-state index in [9.17, 15) is 0 Å². The van der Waals surface area contributed by atoms with Crippen molar-refractivity contribution >= 4 is 16.1 Å². The van der Waals surface area contributed by atoms with Crippen molar-refractivity contribution in [1.82, 2.24) is 8.58 Å². The van der Waals surface area contributed by atoms with Gasteiger partial charge in [-0.25, -0.2) is 4.98 Å². The van der Waals surface area contributed by atoms with Crippen LogP contribution in [-0.4, -0.2) is 8.58 Å². The average Bonchev–Trinajstić information content (AvgIpc) is 2.96. The zero-order valence-corrected chi connectivity index (χ0v) is 16.8. The van der Waals surface area contributed by atoms with Crippen molar-refractivity contribution in [2.24, 2.45) is 0 Å². The van der Waals surface area contributed by atoms with Crippen LogP contribution in [0.25, 0.3) is 0 Å². The second-order valence-corrected chi connectivity index (χ2v) is 7.62. The fourth-order valence-electron chi connectivity index (χ4n) is 3.14. The normalized spacial score (nSPS) is 11.2. The van der Waals surface area contributed by atoms with Gasteiger partial charge in [-0.15, -0.1) is 0 Å². The Morgan fingerprint density at radius 1 is 0.739 bits per heavy atom. The van der Waals surface area contributed by atoms with Gasteiger partial charge >= 0.3 is 0 Å². The molecule has 0 aromatic carbocycles. The molecule has 0 aliphatic heterocycles. The summed E-state index contributed by atoms with van der Waals surface area (Å²) in [6.45, 7) is 2.29. The van der Waals surface area contributed by atoms with Crippen molar-refractivity contribution in [2.45, 2.75) is 110 Å². The summed E-state index contributed by atoms with van der Waals surface area (Å²) in [5.74, 6) is 1.15. The Bertz CT molecular complexity index is 362. The fourth-order valence-corrected chi connectivity index (χ4v) is 3.52. The highest BCUT2D eigenvalue weighted by atomic mass is 79.9. The average molecular weight is 385 g/mol. The Balaban J connectivity index is 1.72. The van der Waals surface area contributed by atoms with Gasteiger partial charge in [-0.05, 0) is 6.42 Å². The number of imidazole rings is 1. The predicted octanol–water partition coefficient (Wildman–Crippen LogP) is 7.46. The van der Waals surface area contributed by atoms with Gasteiger partial charge in [0.1, 0.15) is 5.82 Å². The summed E-state index contributed by atoms with van der Waals surface area (Å²) in [6, 6.07) is 0. The first-order valence-electron chi connectivity index (χ1n) is 10.0. The number of aromatic nitrogens is 2. The molecule has 0 bridgehead atoms. The molecular weight excluding hydrogens is 348 g/mol. The lowest BCUT2D eigenvalue weighted by atomic mass is 10.0. The van der Waals surface area contributed by atoms with Crippen molar-refractivity contribution in [2.75, 3.05) is 0 Å². The molecule has 0 aliphatic carbocycles. The van der Waals surface area contributed by atoms with Crippen LogP contribution in [0.3, 0.4) is 0 Å². The molecule has 0 saturated heterocycles. The minimum Gasteiger partial charge on any atom is -0.270 e. The summed E-state index contributed by atoms with van der Waals surface area (Å²) in [5, 5.41) is 0. The van der Waals surface area contributed by atoms with Crippen LogP contribution in [0.2, 0.25) is 0 Å². The largest absolute Gasteiger partial charge is 0.270 e. The molecule has 23 heavy (non-hydrogen) atoms.